The Labute approximate surface area is 103 Å². The molecule has 2 nitrogen and oxygen atoms in total. The number of rotatable bonds is 8. The van der Waals surface area contributed by atoms with Crippen LogP contribution in [0.5, 0.6) is 5.75 Å². The highest BCUT2D eigenvalue weighted by Crippen LogP contribution is 2.19. The molecule has 0 saturated carbocycles. The van der Waals surface area contributed by atoms with Crippen molar-refractivity contribution < 1.29 is 4.74 Å². The van der Waals surface area contributed by atoms with Crippen LogP contribution in [0.4, 0.5) is 0 Å². The molecule has 1 rings (SSSR count). The number of thioether (sulfide) groups is 1. The summed E-state index contributed by atoms with van der Waals surface area (Å²) < 4.78 is 5.65. The standard InChI is InChI=1S/C13H21NOS/c1-16-13-8-6-12(7-9-13)15-11-5-3-2-4-10-14/h6-9H,2-5,10-11,14H2,1H3. The van der Waals surface area contributed by atoms with Crippen LogP contribution in [0.2, 0.25) is 0 Å². The van der Waals surface area contributed by atoms with E-state index in [-0.39, 0.29) is 0 Å². The fourth-order valence-electron chi connectivity index (χ4n) is 1.46. The van der Waals surface area contributed by atoms with E-state index < -0.39 is 0 Å². The Morgan fingerprint density at radius 2 is 1.75 bits per heavy atom. The van der Waals surface area contributed by atoms with E-state index in [2.05, 4.69) is 18.4 Å². The van der Waals surface area contributed by atoms with Gasteiger partial charge in [0.2, 0.25) is 0 Å². The number of ether oxygens (including phenoxy) is 1. The average Bonchev–Trinajstić information content (AvgIpc) is 2.34. The molecule has 0 aliphatic rings. The van der Waals surface area contributed by atoms with E-state index in [9.17, 15) is 0 Å². The van der Waals surface area contributed by atoms with Crippen molar-refractivity contribution in [3.8, 4) is 5.75 Å². The van der Waals surface area contributed by atoms with Crippen LogP contribution in [0, 0.1) is 0 Å². The third-order valence-electron chi connectivity index (χ3n) is 2.43. The largest absolute Gasteiger partial charge is 0.494 e. The average molecular weight is 239 g/mol. The molecule has 0 atom stereocenters. The fourth-order valence-corrected chi connectivity index (χ4v) is 1.87. The predicted octanol–water partition coefficient (Wildman–Crippen LogP) is 3.31. The van der Waals surface area contributed by atoms with Crippen molar-refractivity contribution in [1.82, 2.24) is 0 Å². The van der Waals surface area contributed by atoms with Gasteiger partial charge in [0.1, 0.15) is 5.75 Å². The molecule has 0 aromatic heterocycles. The number of benzene rings is 1. The van der Waals surface area contributed by atoms with E-state index in [0.29, 0.717) is 0 Å². The molecule has 0 aliphatic carbocycles. The first-order valence-electron chi connectivity index (χ1n) is 5.83. The van der Waals surface area contributed by atoms with Crippen molar-refractivity contribution in [1.29, 1.82) is 0 Å². The second kappa shape index (κ2) is 8.48. The van der Waals surface area contributed by atoms with E-state index in [1.54, 1.807) is 11.8 Å². The maximum absolute atomic E-state index is 5.65. The minimum atomic E-state index is 0.803. The van der Waals surface area contributed by atoms with E-state index >= 15 is 0 Å². The van der Waals surface area contributed by atoms with Crippen molar-refractivity contribution in [2.75, 3.05) is 19.4 Å². The van der Waals surface area contributed by atoms with Gasteiger partial charge in [0.15, 0.2) is 0 Å². The molecule has 0 spiro atoms. The van der Waals surface area contributed by atoms with Crippen LogP contribution in [0.1, 0.15) is 25.7 Å². The van der Waals surface area contributed by atoms with E-state index in [1.807, 2.05) is 12.1 Å². The summed E-state index contributed by atoms with van der Waals surface area (Å²) in [6.45, 7) is 1.61. The van der Waals surface area contributed by atoms with Crippen molar-refractivity contribution in [3.63, 3.8) is 0 Å². The van der Waals surface area contributed by atoms with Crippen LogP contribution < -0.4 is 10.5 Å². The summed E-state index contributed by atoms with van der Waals surface area (Å²) in [5.74, 6) is 0.969. The molecule has 0 aliphatic heterocycles. The van der Waals surface area contributed by atoms with Crippen LogP contribution in [0.25, 0.3) is 0 Å². The predicted molar refractivity (Wildman–Crippen MR) is 71.2 cm³/mol. The van der Waals surface area contributed by atoms with Gasteiger partial charge >= 0.3 is 0 Å². The lowest BCUT2D eigenvalue weighted by Gasteiger charge is -2.06. The summed E-state index contributed by atoms with van der Waals surface area (Å²) in [5.41, 5.74) is 5.43. The number of hydrogen-bond donors (Lipinski definition) is 1. The molecule has 3 heteroatoms. The normalized spacial score (nSPS) is 10.4. The van der Waals surface area contributed by atoms with Gasteiger partial charge in [-0.3, -0.25) is 0 Å². The molecular weight excluding hydrogens is 218 g/mol. The topological polar surface area (TPSA) is 35.2 Å². The van der Waals surface area contributed by atoms with Crippen LogP contribution in [0.15, 0.2) is 29.2 Å². The van der Waals surface area contributed by atoms with Gasteiger partial charge in [-0.15, -0.1) is 11.8 Å². The van der Waals surface area contributed by atoms with Crippen LogP contribution in [-0.4, -0.2) is 19.4 Å². The smallest absolute Gasteiger partial charge is 0.119 e. The zero-order chi connectivity index (χ0) is 11.6. The lowest BCUT2D eigenvalue weighted by atomic mass is 10.2. The van der Waals surface area contributed by atoms with Crippen molar-refractivity contribution in [2.45, 2.75) is 30.6 Å². The lowest BCUT2D eigenvalue weighted by molar-refractivity contribution is 0.304. The monoisotopic (exact) mass is 239 g/mol. The van der Waals surface area contributed by atoms with Crippen LogP contribution in [-0.2, 0) is 0 Å². The highest BCUT2D eigenvalue weighted by molar-refractivity contribution is 7.98. The summed E-state index contributed by atoms with van der Waals surface area (Å²) >= 11 is 1.75. The van der Waals surface area contributed by atoms with Gasteiger partial charge in [-0.05, 0) is 49.9 Å². The van der Waals surface area contributed by atoms with Gasteiger partial charge in [0, 0.05) is 4.90 Å². The molecule has 2 N–H and O–H groups in total. The van der Waals surface area contributed by atoms with Crippen molar-refractivity contribution in [2.24, 2.45) is 5.73 Å². The first-order chi connectivity index (χ1) is 7.86. The highest BCUT2D eigenvalue weighted by Gasteiger charge is 1.94. The van der Waals surface area contributed by atoms with Crippen molar-refractivity contribution in [3.05, 3.63) is 24.3 Å². The zero-order valence-corrected chi connectivity index (χ0v) is 10.8. The Morgan fingerprint density at radius 1 is 1.06 bits per heavy atom. The minimum Gasteiger partial charge on any atom is -0.494 e. The van der Waals surface area contributed by atoms with Gasteiger partial charge < -0.3 is 10.5 Å². The van der Waals surface area contributed by atoms with Crippen molar-refractivity contribution >= 4 is 11.8 Å². The summed E-state index contributed by atoms with van der Waals surface area (Å²) in [4.78, 5) is 1.27. The Hall–Kier alpha value is -0.670. The second-order valence-electron chi connectivity index (χ2n) is 3.73. The molecule has 0 radical (unpaired) electrons. The molecule has 0 unspecified atom stereocenters. The summed E-state index contributed by atoms with van der Waals surface area (Å²) in [6, 6.07) is 8.25. The maximum atomic E-state index is 5.65. The van der Waals surface area contributed by atoms with E-state index in [4.69, 9.17) is 10.5 Å². The van der Waals surface area contributed by atoms with Crippen LogP contribution in [0.3, 0.4) is 0 Å². The number of unbranched alkanes of at least 4 members (excludes halogenated alkanes) is 3. The molecule has 0 saturated heterocycles. The number of nitrogens with two attached hydrogens (primary N) is 1. The second-order valence-corrected chi connectivity index (χ2v) is 4.61. The summed E-state index contributed by atoms with van der Waals surface area (Å²) in [6.07, 6.45) is 6.74. The Morgan fingerprint density at radius 3 is 2.38 bits per heavy atom. The first kappa shape index (κ1) is 13.4. The third kappa shape index (κ3) is 5.42. The first-order valence-corrected chi connectivity index (χ1v) is 7.06. The lowest BCUT2D eigenvalue weighted by Crippen LogP contribution is -2.00. The molecular formula is C13H21NOS. The molecule has 0 bridgehead atoms. The van der Waals surface area contributed by atoms with Gasteiger partial charge in [-0.25, -0.2) is 0 Å². The Kier molecular flexibility index (Phi) is 7.10. The minimum absolute atomic E-state index is 0.803. The molecule has 16 heavy (non-hydrogen) atoms. The fraction of sp³-hybridized carbons (Fsp3) is 0.538. The summed E-state index contributed by atoms with van der Waals surface area (Å²) in [7, 11) is 0. The number of hydrogen-bond acceptors (Lipinski definition) is 3. The zero-order valence-electron chi connectivity index (χ0n) is 9.95. The Balaban J connectivity index is 2.12. The van der Waals surface area contributed by atoms with Gasteiger partial charge in [0.25, 0.3) is 0 Å². The molecule has 0 amide bonds. The van der Waals surface area contributed by atoms with E-state index in [1.165, 1.54) is 17.7 Å². The molecule has 90 valence electrons. The molecule has 0 heterocycles. The Bertz CT molecular complexity index is 274. The van der Waals surface area contributed by atoms with E-state index in [0.717, 1.165) is 31.7 Å². The third-order valence-corrected chi connectivity index (χ3v) is 3.17. The highest BCUT2D eigenvalue weighted by atomic mass is 32.2. The van der Waals surface area contributed by atoms with Gasteiger partial charge in [0.05, 0.1) is 6.61 Å². The molecule has 1 aromatic rings. The SMILES string of the molecule is CSc1ccc(OCCCCCCN)cc1. The van der Waals surface area contributed by atoms with Gasteiger partial charge in [-0.2, -0.15) is 0 Å². The molecule has 1 aromatic carbocycles. The van der Waals surface area contributed by atoms with Crippen LogP contribution >= 0.6 is 11.8 Å². The maximum Gasteiger partial charge on any atom is 0.119 e. The quantitative estimate of drug-likeness (QED) is 0.558. The van der Waals surface area contributed by atoms with Gasteiger partial charge in [-0.1, -0.05) is 12.8 Å². The summed E-state index contributed by atoms with van der Waals surface area (Å²) in [5, 5.41) is 0. The molecule has 0 fully saturated rings.